The molecule has 0 N–H and O–H groups in total. The van der Waals surface area contributed by atoms with Crippen LogP contribution in [0, 0.1) is 0 Å². The first-order valence-electron chi connectivity index (χ1n) is 4.69. The SMILES string of the molecule is COc1ccc(N=c2sccn2C)c(Cl)c1. The van der Waals surface area contributed by atoms with Gasteiger partial charge in [0.05, 0.1) is 17.8 Å². The second-order valence-electron chi connectivity index (χ2n) is 3.23. The molecule has 0 aliphatic heterocycles. The molecule has 0 saturated carbocycles. The summed E-state index contributed by atoms with van der Waals surface area (Å²) < 4.78 is 7.03. The van der Waals surface area contributed by atoms with Crippen LogP contribution in [-0.4, -0.2) is 11.7 Å². The first-order chi connectivity index (χ1) is 7.70. The number of ether oxygens (including phenoxy) is 1. The molecule has 84 valence electrons. The molecule has 0 fully saturated rings. The number of nitrogens with zero attached hydrogens (tertiary/aromatic N) is 2. The minimum atomic E-state index is 0.591. The van der Waals surface area contributed by atoms with E-state index in [2.05, 4.69) is 4.99 Å². The van der Waals surface area contributed by atoms with Gasteiger partial charge in [0.1, 0.15) is 5.75 Å². The number of rotatable bonds is 2. The van der Waals surface area contributed by atoms with E-state index in [4.69, 9.17) is 16.3 Å². The van der Waals surface area contributed by atoms with Crippen LogP contribution >= 0.6 is 22.9 Å². The Morgan fingerprint density at radius 1 is 1.44 bits per heavy atom. The summed E-state index contributed by atoms with van der Waals surface area (Å²) >= 11 is 7.67. The van der Waals surface area contributed by atoms with E-state index in [0.717, 1.165) is 16.2 Å². The third-order valence-corrected chi connectivity index (χ3v) is 3.28. The zero-order valence-electron chi connectivity index (χ0n) is 8.98. The molecule has 0 aliphatic rings. The molecule has 1 heterocycles. The highest BCUT2D eigenvalue weighted by atomic mass is 35.5. The van der Waals surface area contributed by atoms with Crippen molar-refractivity contribution < 1.29 is 4.74 Å². The third kappa shape index (κ3) is 2.28. The molecule has 0 aliphatic carbocycles. The van der Waals surface area contributed by atoms with E-state index < -0.39 is 0 Å². The molecule has 5 heteroatoms. The molecule has 0 atom stereocenters. The number of aryl methyl sites for hydroxylation is 1. The minimum absolute atomic E-state index is 0.591. The zero-order valence-corrected chi connectivity index (χ0v) is 10.5. The summed E-state index contributed by atoms with van der Waals surface area (Å²) in [6.07, 6.45) is 1.96. The van der Waals surface area contributed by atoms with Crippen LogP contribution in [0.5, 0.6) is 5.75 Å². The van der Waals surface area contributed by atoms with Crippen molar-refractivity contribution in [1.29, 1.82) is 0 Å². The van der Waals surface area contributed by atoms with Gasteiger partial charge in [-0.15, -0.1) is 11.3 Å². The van der Waals surface area contributed by atoms with Gasteiger partial charge in [-0.25, -0.2) is 4.99 Å². The highest BCUT2D eigenvalue weighted by molar-refractivity contribution is 7.07. The quantitative estimate of drug-likeness (QED) is 0.809. The van der Waals surface area contributed by atoms with Crippen LogP contribution in [0.2, 0.25) is 5.02 Å². The lowest BCUT2D eigenvalue weighted by molar-refractivity contribution is 0.415. The summed E-state index contributed by atoms with van der Waals surface area (Å²) in [7, 11) is 3.56. The average molecular weight is 255 g/mol. The van der Waals surface area contributed by atoms with Crippen molar-refractivity contribution in [1.82, 2.24) is 4.57 Å². The van der Waals surface area contributed by atoms with Crippen molar-refractivity contribution in [2.45, 2.75) is 0 Å². The molecule has 0 saturated heterocycles. The summed E-state index contributed by atoms with van der Waals surface area (Å²) in [5.74, 6) is 0.736. The molecule has 1 aromatic heterocycles. The number of methoxy groups -OCH3 is 1. The summed E-state index contributed by atoms with van der Waals surface area (Å²) in [6, 6.07) is 5.45. The summed E-state index contributed by atoms with van der Waals surface area (Å²) in [5.41, 5.74) is 0.750. The molecule has 16 heavy (non-hydrogen) atoms. The molecule has 0 radical (unpaired) electrons. The Morgan fingerprint density at radius 3 is 2.81 bits per heavy atom. The zero-order chi connectivity index (χ0) is 11.5. The van der Waals surface area contributed by atoms with E-state index in [1.165, 1.54) is 0 Å². The summed E-state index contributed by atoms with van der Waals surface area (Å²) in [6.45, 7) is 0. The van der Waals surface area contributed by atoms with Crippen LogP contribution in [0.15, 0.2) is 34.8 Å². The van der Waals surface area contributed by atoms with Crippen LogP contribution in [0.3, 0.4) is 0 Å². The molecule has 0 spiro atoms. The average Bonchev–Trinajstić information content (AvgIpc) is 2.67. The highest BCUT2D eigenvalue weighted by Crippen LogP contribution is 2.28. The smallest absolute Gasteiger partial charge is 0.189 e. The van der Waals surface area contributed by atoms with Gasteiger partial charge in [0, 0.05) is 24.7 Å². The van der Waals surface area contributed by atoms with E-state index in [0.29, 0.717) is 5.02 Å². The maximum absolute atomic E-state index is 6.10. The third-order valence-electron chi connectivity index (χ3n) is 2.13. The fourth-order valence-electron chi connectivity index (χ4n) is 1.24. The number of hydrogen-bond acceptors (Lipinski definition) is 3. The second-order valence-corrected chi connectivity index (χ2v) is 4.51. The van der Waals surface area contributed by atoms with Crippen molar-refractivity contribution >= 4 is 28.6 Å². The van der Waals surface area contributed by atoms with E-state index in [9.17, 15) is 0 Å². The maximum atomic E-state index is 6.10. The normalized spacial score (nSPS) is 11.8. The van der Waals surface area contributed by atoms with E-state index in [-0.39, 0.29) is 0 Å². The van der Waals surface area contributed by atoms with Crippen molar-refractivity contribution in [3.05, 3.63) is 39.6 Å². The van der Waals surface area contributed by atoms with Crippen LogP contribution < -0.4 is 9.54 Å². The number of hydrogen-bond donors (Lipinski definition) is 0. The molecule has 0 unspecified atom stereocenters. The van der Waals surface area contributed by atoms with Crippen LogP contribution in [-0.2, 0) is 7.05 Å². The number of aromatic nitrogens is 1. The van der Waals surface area contributed by atoms with Crippen LogP contribution in [0.25, 0.3) is 0 Å². The lowest BCUT2D eigenvalue weighted by Crippen LogP contribution is -2.07. The van der Waals surface area contributed by atoms with Crippen molar-refractivity contribution in [3.8, 4) is 5.75 Å². The summed E-state index contributed by atoms with van der Waals surface area (Å²) in [4.78, 5) is 5.38. The van der Waals surface area contributed by atoms with Crippen molar-refractivity contribution in [2.75, 3.05) is 7.11 Å². The van der Waals surface area contributed by atoms with E-state index >= 15 is 0 Å². The van der Waals surface area contributed by atoms with Gasteiger partial charge in [0.25, 0.3) is 0 Å². The molecule has 2 rings (SSSR count). The number of halogens is 1. The molecular weight excluding hydrogens is 244 g/mol. The molecule has 1 aromatic carbocycles. The lowest BCUT2D eigenvalue weighted by atomic mass is 10.3. The van der Waals surface area contributed by atoms with E-state index in [1.807, 2.05) is 35.3 Å². The number of benzene rings is 1. The second kappa shape index (κ2) is 4.72. The molecular formula is C11H11ClN2OS. The van der Waals surface area contributed by atoms with Gasteiger partial charge < -0.3 is 9.30 Å². The standard InChI is InChI=1S/C11H11ClN2OS/c1-14-5-6-16-11(14)13-10-4-3-8(15-2)7-9(10)12/h3-7H,1-2H3. The van der Waals surface area contributed by atoms with Crippen molar-refractivity contribution in [2.24, 2.45) is 12.0 Å². The van der Waals surface area contributed by atoms with Crippen LogP contribution in [0.1, 0.15) is 0 Å². The first kappa shape index (κ1) is 11.2. The monoisotopic (exact) mass is 254 g/mol. The highest BCUT2D eigenvalue weighted by Gasteiger charge is 2.01. The Balaban J connectivity index is 2.47. The van der Waals surface area contributed by atoms with Gasteiger partial charge in [-0.3, -0.25) is 0 Å². The Labute approximate surface area is 103 Å². The Kier molecular flexibility index (Phi) is 3.31. The van der Waals surface area contributed by atoms with Gasteiger partial charge in [-0.1, -0.05) is 11.6 Å². The Hall–Kier alpha value is -1.26. The first-order valence-corrected chi connectivity index (χ1v) is 5.95. The van der Waals surface area contributed by atoms with Gasteiger partial charge in [-0.2, -0.15) is 0 Å². The Bertz CT molecular complexity index is 559. The van der Waals surface area contributed by atoms with Gasteiger partial charge in [-0.05, 0) is 12.1 Å². The Morgan fingerprint density at radius 2 is 2.25 bits per heavy atom. The van der Waals surface area contributed by atoms with E-state index in [1.54, 1.807) is 24.5 Å². The van der Waals surface area contributed by atoms with Crippen LogP contribution in [0.4, 0.5) is 5.69 Å². The topological polar surface area (TPSA) is 26.5 Å². The molecule has 0 amide bonds. The largest absolute Gasteiger partial charge is 0.497 e. The fourth-order valence-corrected chi connectivity index (χ4v) is 2.20. The fraction of sp³-hybridized carbons (Fsp3) is 0.182. The van der Waals surface area contributed by atoms with Gasteiger partial charge in [0.2, 0.25) is 0 Å². The minimum Gasteiger partial charge on any atom is -0.497 e. The van der Waals surface area contributed by atoms with Crippen molar-refractivity contribution in [3.63, 3.8) is 0 Å². The molecule has 2 aromatic rings. The predicted octanol–water partition coefficient (Wildman–Crippen LogP) is 2.98. The molecule has 0 bridgehead atoms. The van der Waals surface area contributed by atoms with Gasteiger partial charge in [0.15, 0.2) is 4.80 Å². The lowest BCUT2D eigenvalue weighted by Gasteiger charge is -2.01. The maximum Gasteiger partial charge on any atom is 0.189 e. The predicted molar refractivity (Wildman–Crippen MR) is 66.5 cm³/mol. The number of thiazole rings is 1. The molecule has 3 nitrogen and oxygen atoms in total. The summed E-state index contributed by atoms with van der Waals surface area (Å²) in [5, 5.41) is 2.57. The van der Waals surface area contributed by atoms with Gasteiger partial charge >= 0.3 is 0 Å².